The van der Waals surface area contributed by atoms with Gasteiger partial charge in [-0.1, -0.05) is 23.7 Å². The number of fused-ring (bicyclic) bond motifs is 1. The molecule has 1 aliphatic rings. The van der Waals surface area contributed by atoms with Crippen molar-refractivity contribution in [2.75, 3.05) is 11.1 Å². The molecule has 1 aromatic heterocycles. The molecule has 0 radical (unpaired) electrons. The summed E-state index contributed by atoms with van der Waals surface area (Å²) in [6, 6.07) is 14.4. The van der Waals surface area contributed by atoms with Gasteiger partial charge in [-0.05, 0) is 48.9 Å². The number of aromatic hydroxyl groups is 1. The number of carbonyl (C=O) groups excluding carboxylic acids is 1. The summed E-state index contributed by atoms with van der Waals surface area (Å²) < 4.78 is 1.74. The van der Waals surface area contributed by atoms with E-state index >= 15 is 0 Å². The molecule has 0 spiro atoms. The maximum atomic E-state index is 12.3. The van der Waals surface area contributed by atoms with Crippen molar-refractivity contribution in [3.05, 3.63) is 70.4 Å². The van der Waals surface area contributed by atoms with Crippen LogP contribution in [0.15, 0.2) is 48.5 Å². The number of phenolic OH excluding ortho intramolecular Hbond substituents is 1. The van der Waals surface area contributed by atoms with Gasteiger partial charge in [0.2, 0.25) is 5.91 Å². The highest BCUT2D eigenvalue weighted by Crippen LogP contribution is 2.44. The minimum atomic E-state index is -0.0999. The summed E-state index contributed by atoms with van der Waals surface area (Å²) in [4.78, 5) is 12.3. The Hall–Kier alpha value is -2.44. The van der Waals surface area contributed by atoms with E-state index in [1.807, 2.05) is 31.2 Å². The van der Waals surface area contributed by atoms with Crippen molar-refractivity contribution in [2.45, 2.75) is 12.2 Å². The van der Waals surface area contributed by atoms with Gasteiger partial charge in [0.05, 0.1) is 22.4 Å². The van der Waals surface area contributed by atoms with E-state index < -0.39 is 0 Å². The molecular formula is C19H16ClN3O2S. The second-order valence-corrected chi connectivity index (χ2v) is 7.60. The predicted octanol–water partition coefficient (Wildman–Crippen LogP) is 4.31. The van der Waals surface area contributed by atoms with E-state index in [1.54, 1.807) is 28.9 Å². The van der Waals surface area contributed by atoms with Crippen LogP contribution in [0.3, 0.4) is 0 Å². The number of rotatable bonds is 2. The smallest absolute Gasteiger partial charge is 0.235 e. The number of nitrogens with zero attached hydrogens (tertiary/aromatic N) is 2. The molecule has 132 valence electrons. The number of amides is 1. The fourth-order valence-corrected chi connectivity index (χ4v) is 4.41. The zero-order valence-electron chi connectivity index (χ0n) is 13.9. The fraction of sp³-hybridized carbons (Fsp3) is 0.158. The third-order valence-electron chi connectivity index (χ3n) is 4.25. The Balaban J connectivity index is 1.89. The molecule has 0 bridgehead atoms. The normalized spacial score (nSPS) is 16.7. The van der Waals surface area contributed by atoms with Crippen molar-refractivity contribution >= 4 is 35.1 Å². The molecule has 4 rings (SSSR count). The Bertz CT molecular complexity index is 985. The number of hydrogen-bond acceptors (Lipinski definition) is 4. The molecule has 0 fully saturated rings. The van der Waals surface area contributed by atoms with Crippen molar-refractivity contribution in [2.24, 2.45) is 0 Å². The van der Waals surface area contributed by atoms with Crippen LogP contribution in [0, 0.1) is 6.92 Å². The monoisotopic (exact) mass is 385 g/mol. The van der Waals surface area contributed by atoms with Gasteiger partial charge < -0.3 is 10.4 Å². The van der Waals surface area contributed by atoms with E-state index in [0.29, 0.717) is 16.6 Å². The molecule has 2 heterocycles. The molecule has 0 aliphatic carbocycles. The lowest BCUT2D eigenvalue weighted by molar-refractivity contribution is -0.113. The van der Waals surface area contributed by atoms with Gasteiger partial charge in [0.25, 0.3) is 0 Å². The minimum absolute atomic E-state index is 0.0750. The van der Waals surface area contributed by atoms with Gasteiger partial charge in [-0.15, -0.1) is 11.8 Å². The van der Waals surface area contributed by atoms with Crippen molar-refractivity contribution in [1.29, 1.82) is 0 Å². The molecule has 3 aromatic rings. The molecule has 0 saturated carbocycles. The largest absolute Gasteiger partial charge is 0.508 e. The fourth-order valence-electron chi connectivity index (χ4n) is 3.10. The lowest BCUT2D eigenvalue weighted by atomic mass is 10.0. The summed E-state index contributed by atoms with van der Waals surface area (Å²) in [7, 11) is 0. The number of aromatic nitrogens is 2. The average molecular weight is 386 g/mol. The predicted molar refractivity (Wildman–Crippen MR) is 104 cm³/mol. The number of thioether (sulfide) groups is 1. The second-order valence-electron chi connectivity index (χ2n) is 6.07. The number of carbonyl (C=O) groups is 1. The molecule has 1 aliphatic heterocycles. The molecule has 2 N–H and O–H groups in total. The lowest BCUT2D eigenvalue weighted by Crippen LogP contribution is -2.15. The first-order chi connectivity index (χ1) is 12.5. The summed E-state index contributed by atoms with van der Waals surface area (Å²) in [5.41, 5.74) is 3.53. The molecule has 5 nitrogen and oxygen atoms in total. The highest BCUT2D eigenvalue weighted by atomic mass is 35.5. The van der Waals surface area contributed by atoms with E-state index in [1.165, 1.54) is 11.8 Å². The topological polar surface area (TPSA) is 67.1 Å². The Morgan fingerprint density at radius 2 is 2.04 bits per heavy atom. The Morgan fingerprint density at radius 1 is 1.27 bits per heavy atom. The number of benzene rings is 2. The summed E-state index contributed by atoms with van der Waals surface area (Å²) >= 11 is 7.51. The van der Waals surface area contributed by atoms with Crippen molar-refractivity contribution in [3.8, 4) is 11.4 Å². The number of aryl methyl sites for hydroxylation is 1. The van der Waals surface area contributed by atoms with Gasteiger partial charge >= 0.3 is 0 Å². The van der Waals surface area contributed by atoms with Gasteiger partial charge in [0.1, 0.15) is 11.6 Å². The number of nitrogens with one attached hydrogen (secondary N) is 1. The zero-order valence-corrected chi connectivity index (χ0v) is 15.5. The quantitative estimate of drug-likeness (QED) is 0.689. The molecular weight excluding hydrogens is 370 g/mol. The maximum Gasteiger partial charge on any atom is 0.235 e. The summed E-state index contributed by atoms with van der Waals surface area (Å²) in [5.74, 6) is 1.12. The highest BCUT2D eigenvalue weighted by molar-refractivity contribution is 8.00. The van der Waals surface area contributed by atoms with Gasteiger partial charge in [0.15, 0.2) is 0 Å². The molecule has 26 heavy (non-hydrogen) atoms. The first-order valence-corrected chi connectivity index (χ1v) is 9.51. The van der Waals surface area contributed by atoms with E-state index in [0.717, 1.165) is 22.5 Å². The van der Waals surface area contributed by atoms with Crippen LogP contribution >= 0.6 is 23.4 Å². The van der Waals surface area contributed by atoms with Crippen LogP contribution in [-0.4, -0.2) is 26.5 Å². The molecule has 0 saturated heterocycles. The van der Waals surface area contributed by atoms with Crippen LogP contribution < -0.4 is 5.32 Å². The van der Waals surface area contributed by atoms with Crippen molar-refractivity contribution < 1.29 is 9.90 Å². The minimum Gasteiger partial charge on any atom is -0.508 e. The zero-order chi connectivity index (χ0) is 18.3. The first-order valence-electron chi connectivity index (χ1n) is 8.09. The van der Waals surface area contributed by atoms with Crippen LogP contribution in [-0.2, 0) is 4.79 Å². The third kappa shape index (κ3) is 3.06. The van der Waals surface area contributed by atoms with E-state index in [-0.39, 0.29) is 16.9 Å². The van der Waals surface area contributed by atoms with Gasteiger partial charge in [-0.2, -0.15) is 5.10 Å². The van der Waals surface area contributed by atoms with Crippen LogP contribution in [0.4, 0.5) is 5.82 Å². The Kier molecular flexibility index (Phi) is 4.38. The van der Waals surface area contributed by atoms with Crippen LogP contribution in [0.5, 0.6) is 5.75 Å². The standard InChI is InChI=1S/C19H16ClN3O2S/c1-11-17-18(12-3-2-4-15(24)9-12)26-10-16(25)21-19(17)23(22-11)14-7-5-13(20)6-8-14/h2-9,18,24H,10H2,1H3,(H,21,25). The average Bonchev–Trinajstić information content (AvgIpc) is 2.82. The second kappa shape index (κ2) is 6.70. The van der Waals surface area contributed by atoms with E-state index in [9.17, 15) is 9.90 Å². The number of anilines is 1. The first kappa shape index (κ1) is 17.0. The Morgan fingerprint density at radius 3 is 2.77 bits per heavy atom. The van der Waals surface area contributed by atoms with Gasteiger partial charge in [-0.25, -0.2) is 4.68 Å². The molecule has 1 atom stereocenters. The lowest BCUT2D eigenvalue weighted by Gasteiger charge is -2.15. The third-order valence-corrected chi connectivity index (χ3v) is 5.77. The molecule has 1 amide bonds. The summed E-state index contributed by atoms with van der Waals surface area (Å²) in [5, 5.41) is 18.0. The van der Waals surface area contributed by atoms with E-state index in [2.05, 4.69) is 10.4 Å². The van der Waals surface area contributed by atoms with Crippen LogP contribution in [0.25, 0.3) is 5.69 Å². The van der Waals surface area contributed by atoms with Gasteiger partial charge in [0, 0.05) is 10.6 Å². The SMILES string of the molecule is Cc1nn(-c2ccc(Cl)cc2)c2c1C(c1cccc(O)c1)SCC(=O)N2. The summed E-state index contributed by atoms with van der Waals surface area (Å²) in [6.45, 7) is 1.93. The number of halogens is 1. The van der Waals surface area contributed by atoms with E-state index in [4.69, 9.17) is 11.6 Å². The van der Waals surface area contributed by atoms with Crippen molar-refractivity contribution in [3.63, 3.8) is 0 Å². The summed E-state index contributed by atoms with van der Waals surface area (Å²) in [6.07, 6.45) is 0. The van der Waals surface area contributed by atoms with Gasteiger partial charge in [-0.3, -0.25) is 4.79 Å². The molecule has 7 heteroatoms. The number of hydrogen-bond donors (Lipinski definition) is 2. The number of phenols is 1. The Labute approximate surface area is 160 Å². The maximum absolute atomic E-state index is 12.3. The molecule has 1 unspecified atom stereocenters. The highest BCUT2D eigenvalue weighted by Gasteiger charge is 2.30. The van der Waals surface area contributed by atoms with Crippen LogP contribution in [0.1, 0.15) is 22.1 Å². The van der Waals surface area contributed by atoms with Crippen molar-refractivity contribution in [1.82, 2.24) is 9.78 Å². The van der Waals surface area contributed by atoms with Crippen LogP contribution in [0.2, 0.25) is 5.02 Å². The molecule has 2 aromatic carbocycles.